The Kier molecular flexibility index (Phi) is 5.14. The molecule has 1 fully saturated rings. The lowest BCUT2D eigenvalue weighted by Crippen LogP contribution is -2.43. The zero-order valence-electron chi connectivity index (χ0n) is 11.2. The molecule has 1 atom stereocenters. The normalized spacial score (nSPS) is 18.9. The molecule has 20 heavy (non-hydrogen) atoms. The van der Waals surface area contributed by atoms with E-state index in [2.05, 4.69) is 10.6 Å². The summed E-state index contributed by atoms with van der Waals surface area (Å²) in [6, 6.07) is 2.93. The van der Waals surface area contributed by atoms with Gasteiger partial charge in [0.1, 0.15) is 5.76 Å². The minimum Gasteiger partial charge on any atom is -0.467 e. The molecule has 0 aromatic carbocycles. The van der Waals surface area contributed by atoms with E-state index in [1.807, 2.05) is 4.90 Å². The van der Waals surface area contributed by atoms with Crippen LogP contribution in [-0.2, 0) is 11.3 Å². The minimum absolute atomic E-state index is 0.141. The van der Waals surface area contributed by atoms with Gasteiger partial charge in [-0.25, -0.2) is 4.79 Å². The Morgan fingerprint density at radius 1 is 1.50 bits per heavy atom. The van der Waals surface area contributed by atoms with E-state index in [4.69, 9.17) is 9.52 Å². The number of rotatable bonds is 5. The molecule has 2 heterocycles. The summed E-state index contributed by atoms with van der Waals surface area (Å²) in [5.41, 5.74) is 0. The molecule has 7 heteroatoms. The largest absolute Gasteiger partial charge is 0.467 e. The van der Waals surface area contributed by atoms with Crippen LogP contribution in [0.1, 0.15) is 12.2 Å². The first kappa shape index (κ1) is 14.5. The fraction of sp³-hybridized carbons (Fsp3) is 0.538. The molecule has 1 aromatic heterocycles. The lowest BCUT2D eigenvalue weighted by Gasteiger charge is -2.14. The van der Waals surface area contributed by atoms with Crippen LogP contribution in [0.4, 0.5) is 4.79 Å². The summed E-state index contributed by atoms with van der Waals surface area (Å²) in [4.78, 5) is 25.1. The molecule has 2 rings (SSSR count). The molecule has 3 N–H and O–H groups in total. The zero-order chi connectivity index (χ0) is 14.4. The average Bonchev–Trinajstić information content (AvgIpc) is 3.06. The maximum atomic E-state index is 11.7. The number of amides is 3. The summed E-state index contributed by atoms with van der Waals surface area (Å²) in [7, 11) is 0. The van der Waals surface area contributed by atoms with Gasteiger partial charge < -0.3 is 14.8 Å². The Labute approximate surface area is 116 Å². The number of nitrogens with zero attached hydrogens (tertiary/aromatic N) is 1. The van der Waals surface area contributed by atoms with Crippen molar-refractivity contribution in [1.29, 1.82) is 0 Å². The smallest absolute Gasteiger partial charge is 0.321 e. The number of nitrogens with one attached hydrogen (secondary N) is 2. The average molecular weight is 281 g/mol. The van der Waals surface area contributed by atoms with Crippen molar-refractivity contribution in [3.05, 3.63) is 24.2 Å². The molecule has 0 spiro atoms. The number of imide groups is 1. The number of furan rings is 1. The van der Waals surface area contributed by atoms with Gasteiger partial charge >= 0.3 is 6.03 Å². The summed E-state index contributed by atoms with van der Waals surface area (Å²) >= 11 is 0. The number of urea groups is 1. The molecule has 0 bridgehead atoms. The van der Waals surface area contributed by atoms with E-state index in [1.165, 1.54) is 6.26 Å². The van der Waals surface area contributed by atoms with Crippen molar-refractivity contribution in [2.75, 3.05) is 26.2 Å². The molecule has 1 unspecified atom stereocenters. The lowest BCUT2D eigenvalue weighted by molar-refractivity contribution is -0.121. The molecule has 1 saturated heterocycles. The van der Waals surface area contributed by atoms with Gasteiger partial charge in [-0.1, -0.05) is 0 Å². The van der Waals surface area contributed by atoms with Crippen molar-refractivity contribution < 1.29 is 19.1 Å². The van der Waals surface area contributed by atoms with Gasteiger partial charge in [0.05, 0.1) is 19.4 Å². The van der Waals surface area contributed by atoms with Gasteiger partial charge in [0.2, 0.25) is 5.91 Å². The fourth-order valence-corrected chi connectivity index (χ4v) is 2.20. The third-order valence-electron chi connectivity index (χ3n) is 3.25. The Balaban J connectivity index is 1.65. The van der Waals surface area contributed by atoms with Gasteiger partial charge in [0.25, 0.3) is 0 Å². The number of likely N-dealkylation sites (tertiary alicyclic amines) is 1. The monoisotopic (exact) mass is 281 g/mol. The second-order valence-electron chi connectivity index (χ2n) is 4.88. The predicted molar refractivity (Wildman–Crippen MR) is 70.7 cm³/mol. The summed E-state index contributed by atoms with van der Waals surface area (Å²) in [6.45, 7) is 2.01. The van der Waals surface area contributed by atoms with E-state index < -0.39 is 6.03 Å². The third kappa shape index (κ3) is 4.36. The summed E-state index contributed by atoms with van der Waals surface area (Å²) in [5, 5.41) is 13.8. The first-order chi connectivity index (χ1) is 9.67. The molecular weight excluding hydrogens is 262 g/mol. The molecular formula is C13H19N3O4. The van der Waals surface area contributed by atoms with Crippen LogP contribution in [0, 0.1) is 5.92 Å². The molecule has 3 amide bonds. The van der Waals surface area contributed by atoms with Crippen LogP contribution in [0.3, 0.4) is 0 Å². The molecule has 1 aliphatic heterocycles. The SMILES string of the molecule is O=C(CN1CCC(CO)C1)NC(=O)NCc1ccco1. The first-order valence-electron chi connectivity index (χ1n) is 6.60. The molecule has 7 nitrogen and oxygen atoms in total. The highest BCUT2D eigenvalue weighted by molar-refractivity contribution is 5.95. The van der Waals surface area contributed by atoms with Crippen molar-refractivity contribution in [2.45, 2.75) is 13.0 Å². The molecule has 0 aliphatic carbocycles. The second kappa shape index (κ2) is 7.06. The van der Waals surface area contributed by atoms with Gasteiger partial charge in [0.15, 0.2) is 0 Å². The van der Waals surface area contributed by atoms with E-state index >= 15 is 0 Å². The standard InChI is InChI=1S/C13H19N3O4/c17-9-10-3-4-16(7-10)8-12(18)15-13(19)14-6-11-2-1-5-20-11/h1-2,5,10,17H,3-4,6-9H2,(H2,14,15,18,19). The minimum atomic E-state index is -0.538. The summed E-state index contributed by atoms with van der Waals surface area (Å²) in [5.74, 6) is 0.508. The Hall–Kier alpha value is -1.86. The number of carbonyl (C=O) groups is 2. The van der Waals surface area contributed by atoms with Crippen molar-refractivity contribution in [3.8, 4) is 0 Å². The van der Waals surface area contributed by atoms with Gasteiger partial charge in [-0.3, -0.25) is 15.0 Å². The van der Waals surface area contributed by atoms with Crippen LogP contribution >= 0.6 is 0 Å². The third-order valence-corrected chi connectivity index (χ3v) is 3.25. The fourth-order valence-electron chi connectivity index (χ4n) is 2.20. The number of aliphatic hydroxyl groups excluding tert-OH is 1. The van der Waals surface area contributed by atoms with Crippen LogP contribution in [0.2, 0.25) is 0 Å². The second-order valence-corrected chi connectivity index (χ2v) is 4.88. The van der Waals surface area contributed by atoms with E-state index in [0.29, 0.717) is 12.3 Å². The van der Waals surface area contributed by atoms with E-state index in [-0.39, 0.29) is 31.5 Å². The Morgan fingerprint density at radius 2 is 2.35 bits per heavy atom. The molecule has 0 radical (unpaired) electrons. The van der Waals surface area contributed by atoms with Crippen LogP contribution in [0.25, 0.3) is 0 Å². The van der Waals surface area contributed by atoms with Gasteiger partial charge in [-0.2, -0.15) is 0 Å². The number of hydrogen-bond donors (Lipinski definition) is 3. The summed E-state index contributed by atoms with van der Waals surface area (Å²) in [6.07, 6.45) is 2.40. The Bertz CT molecular complexity index is 446. The van der Waals surface area contributed by atoms with Gasteiger partial charge in [-0.15, -0.1) is 0 Å². The molecule has 110 valence electrons. The maximum absolute atomic E-state index is 11.7. The summed E-state index contributed by atoms with van der Waals surface area (Å²) < 4.78 is 5.06. The van der Waals surface area contributed by atoms with E-state index in [9.17, 15) is 9.59 Å². The van der Waals surface area contributed by atoms with E-state index in [0.717, 1.165) is 13.0 Å². The van der Waals surface area contributed by atoms with E-state index in [1.54, 1.807) is 12.1 Å². The van der Waals surface area contributed by atoms with Crippen molar-refractivity contribution in [1.82, 2.24) is 15.5 Å². The maximum Gasteiger partial charge on any atom is 0.321 e. The predicted octanol–water partition coefficient (Wildman–Crippen LogP) is -0.0804. The quantitative estimate of drug-likeness (QED) is 0.701. The highest BCUT2D eigenvalue weighted by Gasteiger charge is 2.23. The van der Waals surface area contributed by atoms with Crippen LogP contribution < -0.4 is 10.6 Å². The van der Waals surface area contributed by atoms with Crippen molar-refractivity contribution >= 4 is 11.9 Å². The molecule has 0 saturated carbocycles. The zero-order valence-corrected chi connectivity index (χ0v) is 11.2. The highest BCUT2D eigenvalue weighted by atomic mass is 16.3. The lowest BCUT2D eigenvalue weighted by atomic mass is 10.1. The Morgan fingerprint density at radius 3 is 3.00 bits per heavy atom. The van der Waals surface area contributed by atoms with Crippen LogP contribution in [0.15, 0.2) is 22.8 Å². The van der Waals surface area contributed by atoms with Crippen molar-refractivity contribution in [3.63, 3.8) is 0 Å². The number of carbonyl (C=O) groups excluding carboxylic acids is 2. The first-order valence-corrected chi connectivity index (χ1v) is 6.60. The van der Waals surface area contributed by atoms with Crippen LogP contribution in [0.5, 0.6) is 0 Å². The molecule has 1 aliphatic rings. The van der Waals surface area contributed by atoms with Gasteiger partial charge in [0, 0.05) is 13.2 Å². The van der Waals surface area contributed by atoms with Crippen molar-refractivity contribution in [2.24, 2.45) is 5.92 Å². The number of aliphatic hydroxyl groups is 1. The number of hydrogen-bond acceptors (Lipinski definition) is 5. The topological polar surface area (TPSA) is 94.8 Å². The highest BCUT2D eigenvalue weighted by Crippen LogP contribution is 2.14. The van der Waals surface area contributed by atoms with Gasteiger partial charge in [-0.05, 0) is 31.0 Å². The van der Waals surface area contributed by atoms with Crippen LogP contribution in [-0.4, -0.2) is 48.2 Å². The molecule has 1 aromatic rings.